The minimum Gasteiger partial charge on any atom is -0.284 e. The van der Waals surface area contributed by atoms with Crippen molar-refractivity contribution in [3.63, 3.8) is 0 Å². The second kappa shape index (κ2) is 4.17. The lowest BCUT2D eigenvalue weighted by Gasteiger charge is -2.06. The van der Waals surface area contributed by atoms with Crippen LogP contribution in [0, 0.1) is 12.7 Å². The number of anilines is 1. The van der Waals surface area contributed by atoms with Crippen LogP contribution in [0.25, 0.3) is 0 Å². The van der Waals surface area contributed by atoms with E-state index in [1.807, 2.05) is 0 Å². The van der Waals surface area contributed by atoms with Crippen molar-refractivity contribution in [3.05, 3.63) is 42.0 Å². The van der Waals surface area contributed by atoms with Crippen LogP contribution in [-0.4, -0.2) is 18.6 Å². The third-order valence-corrected chi connectivity index (χ3v) is 3.44. The maximum Gasteiger partial charge on any atom is 0.262 e. The summed E-state index contributed by atoms with van der Waals surface area (Å²) in [5.41, 5.74) is 0.837. The number of nitrogens with one attached hydrogen (secondary N) is 2. The number of hydrogen-bond donors (Lipinski definition) is 2. The Morgan fingerprint density at radius 2 is 2.12 bits per heavy atom. The van der Waals surface area contributed by atoms with Crippen molar-refractivity contribution < 1.29 is 12.8 Å². The second-order valence-electron chi connectivity index (χ2n) is 3.56. The van der Waals surface area contributed by atoms with Crippen molar-refractivity contribution in [2.75, 3.05) is 4.72 Å². The number of sulfonamides is 1. The van der Waals surface area contributed by atoms with Crippen LogP contribution in [0.5, 0.6) is 0 Å². The molecule has 1 heterocycles. The van der Waals surface area contributed by atoms with Crippen molar-refractivity contribution in [3.8, 4) is 0 Å². The quantitative estimate of drug-likeness (QED) is 0.875. The summed E-state index contributed by atoms with van der Waals surface area (Å²) in [7, 11) is -3.78. The molecule has 0 unspecified atom stereocenters. The lowest BCUT2D eigenvalue weighted by atomic mass is 10.2. The average Bonchev–Trinajstić information content (AvgIpc) is 2.68. The Morgan fingerprint density at radius 1 is 1.35 bits per heavy atom. The van der Waals surface area contributed by atoms with Crippen LogP contribution in [-0.2, 0) is 10.0 Å². The molecule has 1 aromatic heterocycles. The number of rotatable bonds is 3. The van der Waals surface area contributed by atoms with Crippen LogP contribution < -0.4 is 4.72 Å². The maximum absolute atomic E-state index is 13.1. The van der Waals surface area contributed by atoms with Gasteiger partial charge in [0, 0.05) is 6.20 Å². The summed E-state index contributed by atoms with van der Waals surface area (Å²) >= 11 is 0. The maximum atomic E-state index is 13.1. The molecule has 0 atom stereocenters. The van der Waals surface area contributed by atoms with E-state index in [0.717, 1.165) is 6.07 Å². The number of halogens is 1. The fourth-order valence-corrected chi connectivity index (χ4v) is 2.53. The first-order valence-corrected chi connectivity index (χ1v) is 6.24. The molecule has 0 fully saturated rings. The predicted octanol–water partition coefficient (Wildman–Crippen LogP) is 1.66. The fraction of sp³-hybridized carbons (Fsp3) is 0.100. The summed E-state index contributed by atoms with van der Waals surface area (Å²) in [4.78, 5) is -0.115. The number of aromatic amines is 1. The molecule has 0 amide bonds. The summed E-state index contributed by atoms with van der Waals surface area (Å²) in [6, 6.07) is 3.62. The highest BCUT2D eigenvalue weighted by atomic mass is 32.2. The van der Waals surface area contributed by atoms with E-state index in [2.05, 4.69) is 14.9 Å². The normalized spacial score (nSPS) is 11.4. The number of benzene rings is 1. The van der Waals surface area contributed by atoms with Crippen molar-refractivity contribution in [2.24, 2.45) is 0 Å². The molecule has 1 aromatic carbocycles. The van der Waals surface area contributed by atoms with Gasteiger partial charge in [0.2, 0.25) is 0 Å². The van der Waals surface area contributed by atoms with Gasteiger partial charge >= 0.3 is 0 Å². The number of aryl methyl sites for hydroxylation is 1. The SMILES string of the molecule is Cc1cc(F)cc(S(=O)(=O)Nc2cn[nH]c2)c1. The smallest absolute Gasteiger partial charge is 0.262 e. The van der Waals surface area contributed by atoms with Crippen molar-refractivity contribution in [2.45, 2.75) is 11.8 Å². The summed E-state index contributed by atoms with van der Waals surface area (Å²) in [6.45, 7) is 1.62. The van der Waals surface area contributed by atoms with Crippen LogP contribution in [0.4, 0.5) is 10.1 Å². The van der Waals surface area contributed by atoms with E-state index < -0.39 is 15.8 Å². The van der Waals surface area contributed by atoms with Crippen LogP contribution in [0.1, 0.15) is 5.56 Å². The molecule has 90 valence electrons. The van der Waals surface area contributed by atoms with Gasteiger partial charge in [0.05, 0.1) is 16.8 Å². The monoisotopic (exact) mass is 255 g/mol. The number of aromatic nitrogens is 2. The molecular weight excluding hydrogens is 245 g/mol. The van der Waals surface area contributed by atoms with Crippen LogP contribution in [0.15, 0.2) is 35.5 Å². The van der Waals surface area contributed by atoms with E-state index in [-0.39, 0.29) is 4.90 Å². The van der Waals surface area contributed by atoms with Crippen LogP contribution in [0.3, 0.4) is 0 Å². The Labute approximate surface area is 97.7 Å². The average molecular weight is 255 g/mol. The minimum absolute atomic E-state index is 0.115. The largest absolute Gasteiger partial charge is 0.284 e. The molecular formula is C10H10FN3O2S. The topological polar surface area (TPSA) is 74.8 Å². The predicted molar refractivity (Wildman–Crippen MR) is 60.5 cm³/mol. The van der Waals surface area contributed by atoms with Gasteiger partial charge in [-0.3, -0.25) is 9.82 Å². The molecule has 0 spiro atoms. The molecule has 0 saturated carbocycles. The van der Waals surface area contributed by atoms with Gasteiger partial charge in [0.15, 0.2) is 0 Å². The van der Waals surface area contributed by atoms with E-state index in [4.69, 9.17) is 0 Å². The third-order valence-electron chi connectivity index (χ3n) is 2.08. The number of H-pyrrole nitrogens is 1. The zero-order valence-corrected chi connectivity index (χ0v) is 9.75. The van der Waals surface area contributed by atoms with Crippen molar-refractivity contribution >= 4 is 15.7 Å². The standard InChI is InChI=1S/C10H10FN3O2S/c1-7-2-8(11)4-10(3-7)17(15,16)14-9-5-12-13-6-9/h2-6,14H,1H3,(H,12,13). The third kappa shape index (κ3) is 2.62. The molecule has 2 aromatic rings. The van der Waals surface area contributed by atoms with Gasteiger partial charge in [0.25, 0.3) is 10.0 Å². The highest BCUT2D eigenvalue weighted by Gasteiger charge is 2.16. The van der Waals surface area contributed by atoms with E-state index in [0.29, 0.717) is 11.3 Å². The van der Waals surface area contributed by atoms with Gasteiger partial charge in [0.1, 0.15) is 5.82 Å². The van der Waals surface area contributed by atoms with Gasteiger partial charge in [-0.2, -0.15) is 5.10 Å². The zero-order valence-electron chi connectivity index (χ0n) is 8.94. The van der Waals surface area contributed by atoms with Gasteiger partial charge < -0.3 is 0 Å². The number of hydrogen-bond acceptors (Lipinski definition) is 3. The molecule has 0 bridgehead atoms. The molecule has 5 nitrogen and oxygen atoms in total. The molecule has 7 heteroatoms. The Kier molecular flexibility index (Phi) is 2.84. The van der Waals surface area contributed by atoms with Gasteiger partial charge in [-0.25, -0.2) is 12.8 Å². The molecule has 2 N–H and O–H groups in total. The Morgan fingerprint density at radius 3 is 2.71 bits per heavy atom. The highest BCUT2D eigenvalue weighted by Crippen LogP contribution is 2.17. The van der Waals surface area contributed by atoms with E-state index in [1.54, 1.807) is 6.92 Å². The number of nitrogens with zero attached hydrogens (tertiary/aromatic N) is 1. The molecule has 17 heavy (non-hydrogen) atoms. The first kappa shape index (κ1) is 11.6. The Hall–Kier alpha value is -1.89. The lowest BCUT2D eigenvalue weighted by molar-refractivity contribution is 0.595. The van der Waals surface area contributed by atoms with E-state index >= 15 is 0 Å². The second-order valence-corrected chi connectivity index (χ2v) is 5.24. The first-order valence-electron chi connectivity index (χ1n) is 4.76. The minimum atomic E-state index is -3.78. The first-order chi connectivity index (χ1) is 7.97. The molecule has 2 rings (SSSR count). The van der Waals surface area contributed by atoms with Gasteiger partial charge in [-0.15, -0.1) is 0 Å². The van der Waals surface area contributed by atoms with Crippen molar-refractivity contribution in [1.82, 2.24) is 10.2 Å². The Bertz CT molecular complexity index is 603. The van der Waals surface area contributed by atoms with Crippen LogP contribution in [0.2, 0.25) is 0 Å². The van der Waals surface area contributed by atoms with Gasteiger partial charge in [-0.1, -0.05) is 0 Å². The van der Waals surface area contributed by atoms with Crippen molar-refractivity contribution in [1.29, 1.82) is 0 Å². The summed E-state index contributed by atoms with van der Waals surface area (Å²) < 4.78 is 39.2. The zero-order chi connectivity index (χ0) is 12.5. The summed E-state index contributed by atoms with van der Waals surface area (Å²) in [5, 5.41) is 6.08. The molecule has 0 saturated heterocycles. The fourth-order valence-electron chi connectivity index (χ4n) is 1.38. The van der Waals surface area contributed by atoms with Crippen LogP contribution >= 0.6 is 0 Å². The summed E-state index contributed by atoms with van der Waals surface area (Å²) in [5.74, 6) is -0.586. The molecule has 0 aliphatic carbocycles. The molecule has 0 radical (unpaired) electrons. The molecule has 0 aliphatic heterocycles. The van der Waals surface area contributed by atoms with E-state index in [1.165, 1.54) is 24.5 Å². The summed E-state index contributed by atoms with van der Waals surface area (Å²) in [6.07, 6.45) is 2.72. The molecule has 0 aliphatic rings. The Balaban J connectivity index is 2.38. The highest BCUT2D eigenvalue weighted by molar-refractivity contribution is 7.92. The lowest BCUT2D eigenvalue weighted by Crippen LogP contribution is -2.13. The van der Waals surface area contributed by atoms with Gasteiger partial charge in [-0.05, 0) is 30.7 Å². The van der Waals surface area contributed by atoms with E-state index in [9.17, 15) is 12.8 Å².